The van der Waals surface area contributed by atoms with Crippen LogP contribution in [0.2, 0.25) is 0 Å². The first-order valence-electron chi connectivity index (χ1n) is 14.0. The van der Waals surface area contributed by atoms with Crippen LogP contribution in [0.5, 0.6) is 0 Å². The molecule has 0 unspecified atom stereocenters. The maximum Gasteiger partial charge on any atom is 0.356 e. The average molecular weight is 476 g/mol. The number of esters is 2. The Labute approximate surface area is 208 Å². The SMILES string of the molecule is CCCCCCCCCCCCCCCCOC(=O)c1cccc(C(=O)OCCCCCC)n1. The summed E-state index contributed by atoms with van der Waals surface area (Å²) in [6.07, 6.45) is 22.3. The summed E-state index contributed by atoms with van der Waals surface area (Å²) in [5, 5.41) is 0. The number of carbonyl (C=O) groups excluding carboxylic acids is 2. The molecule has 5 nitrogen and oxygen atoms in total. The third kappa shape index (κ3) is 15.8. The highest BCUT2D eigenvalue weighted by atomic mass is 16.5. The first-order valence-corrected chi connectivity index (χ1v) is 14.0. The zero-order valence-corrected chi connectivity index (χ0v) is 22.0. The molecule has 0 saturated heterocycles. The van der Waals surface area contributed by atoms with E-state index >= 15 is 0 Å². The van der Waals surface area contributed by atoms with Crippen LogP contribution in [0.3, 0.4) is 0 Å². The third-order valence-electron chi connectivity index (χ3n) is 6.13. The van der Waals surface area contributed by atoms with E-state index in [-0.39, 0.29) is 11.4 Å². The Morgan fingerprint density at radius 1 is 0.559 bits per heavy atom. The molecule has 0 aliphatic heterocycles. The Kier molecular flexibility index (Phi) is 19.1. The van der Waals surface area contributed by atoms with Crippen molar-refractivity contribution < 1.29 is 19.1 Å². The van der Waals surface area contributed by atoms with Crippen LogP contribution in [0.1, 0.15) is 150 Å². The van der Waals surface area contributed by atoms with Crippen LogP contribution in [0.25, 0.3) is 0 Å². The molecule has 0 bridgehead atoms. The molecule has 0 amide bonds. The summed E-state index contributed by atoms with van der Waals surface area (Å²) in [5.74, 6) is -0.967. The highest BCUT2D eigenvalue weighted by Gasteiger charge is 2.14. The minimum Gasteiger partial charge on any atom is -0.461 e. The molecule has 0 fully saturated rings. The number of hydrogen-bond acceptors (Lipinski definition) is 5. The van der Waals surface area contributed by atoms with E-state index in [0.717, 1.165) is 38.5 Å². The molecular formula is C29H49NO4. The lowest BCUT2D eigenvalue weighted by Gasteiger charge is -2.07. The van der Waals surface area contributed by atoms with Crippen molar-refractivity contribution in [3.63, 3.8) is 0 Å². The Morgan fingerprint density at radius 3 is 1.26 bits per heavy atom. The van der Waals surface area contributed by atoms with Crippen LogP contribution >= 0.6 is 0 Å². The number of aromatic nitrogens is 1. The van der Waals surface area contributed by atoms with Crippen molar-refractivity contribution in [1.82, 2.24) is 4.98 Å². The summed E-state index contributed by atoms with van der Waals surface area (Å²) in [6, 6.07) is 4.79. The van der Waals surface area contributed by atoms with Crippen LogP contribution in [0.15, 0.2) is 18.2 Å². The van der Waals surface area contributed by atoms with Crippen LogP contribution in [0.4, 0.5) is 0 Å². The van der Waals surface area contributed by atoms with Gasteiger partial charge in [-0.25, -0.2) is 14.6 Å². The molecule has 0 aliphatic carbocycles. The van der Waals surface area contributed by atoms with Gasteiger partial charge in [0.15, 0.2) is 0 Å². The van der Waals surface area contributed by atoms with Gasteiger partial charge < -0.3 is 9.47 Å². The summed E-state index contributed by atoms with van der Waals surface area (Å²) in [5.41, 5.74) is 0.312. The largest absolute Gasteiger partial charge is 0.461 e. The molecule has 1 heterocycles. The summed E-state index contributed by atoms with van der Waals surface area (Å²) < 4.78 is 10.6. The van der Waals surface area contributed by atoms with Crippen molar-refractivity contribution >= 4 is 11.9 Å². The molecule has 0 radical (unpaired) electrons. The fourth-order valence-corrected chi connectivity index (χ4v) is 3.97. The second kappa shape index (κ2) is 21.6. The van der Waals surface area contributed by atoms with E-state index in [2.05, 4.69) is 18.8 Å². The second-order valence-electron chi connectivity index (χ2n) is 9.34. The van der Waals surface area contributed by atoms with Gasteiger partial charge in [-0.3, -0.25) is 0 Å². The van der Waals surface area contributed by atoms with Crippen LogP contribution in [-0.2, 0) is 9.47 Å². The lowest BCUT2D eigenvalue weighted by molar-refractivity contribution is 0.0482. The van der Waals surface area contributed by atoms with Gasteiger partial charge in [-0.15, -0.1) is 0 Å². The first-order chi connectivity index (χ1) is 16.7. The smallest absolute Gasteiger partial charge is 0.356 e. The zero-order chi connectivity index (χ0) is 24.7. The molecule has 194 valence electrons. The van der Waals surface area contributed by atoms with E-state index in [1.807, 2.05) is 0 Å². The van der Waals surface area contributed by atoms with E-state index in [1.165, 1.54) is 77.0 Å². The predicted octanol–water partition coefficient (Wildman–Crippen LogP) is 8.46. The van der Waals surface area contributed by atoms with Crippen LogP contribution < -0.4 is 0 Å². The van der Waals surface area contributed by atoms with Crippen molar-refractivity contribution in [2.24, 2.45) is 0 Å². The Balaban J connectivity index is 2.04. The molecule has 5 heteroatoms. The number of hydrogen-bond donors (Lipinski definition) is 0. The van der Waals surface area contributed by atoms with Crippen molar-refractivity contribution in [3.05, 3.63) is 29.6 Å². The fraction of sp³-hybridized carbons (Fsp3) is 0.759. The van der Waals surface area contributed by atoms with E-state index < -0.39 is 11.9 Å². The van der Waals surface area contributed by atoms with Gasteiger partial charge in [0, 0.05) is 0 Å². The molecule has 34 heavy (non-hydrogen) atoms. The minimum atomic E-state index is -0.488. The van der Waals surface area contributed by atoms with Gasteiger partial charge >= 0.3 is 11.9 Å². The van der Waals surface area contributed by atoms with Crippen molar-refractivity contribution in [1.29, 1.82) is 0 Å². The van der Waals surface area contributed by atoms with E-state index in [1.54, 1.807) is 18.2 Å². The molecule has 0 aromatic carbocycles. The van der Waals surface area contributed by atoms with Gasteiger partial charge in [-0.05, 0) is 25.0 Å². The molecule has 0 saturated carbocycles. The molecule has 1 rings (SSSR count). The normalized spacial score (nSPS) is 10.9. The minimum absolute atomic E-state index is 0.154. The van der Waals surface area contributed by atoms with E-state index in [4.69, 9.17) is 9.47 Å². The molecule has 0 atom stereocenters. The fourth-order valence-electron chi connectivity index (χ4n) is 3.97. The second-order valence-corrected chi connectivity index (χ2v) is 9.34. The number of unbranched alkanes of at least 4 members (excludes halogenated alkanes) is 16. The summed E-state index contributed by atoms with van der Waals surface area (Å²) in [7, 11) is 0. The number of rotatable bonds is 22. The number of nitrogens with zero attached hydrogens (tertiary/aromatic N) is 1. The Bertz CT molecular complexity index is 647. The zero-order valence-electron chi connectivity index (χ0n) is 22.0. The number of pyridine rings is 1. The van der Waals surface area contributed by atoms with Crippen molar-refractivity contribution in [2.45, 2.75) is 129 Å². The van der Waals surface area contributed by atoms with E-state index in [0.29, 0.717) is 13.2 Å². The summed E-state index contributed by atoms with van der Waals surface area (Å²) in [6.45, 7) is 5.18. The topological polar surface area (TPSA) is 65.5 Å². The quantitative estimate of drug-likeness (QED) is 0.124. The lowest BCUT2D eigenvalue weighted by atomic mass is 10.0. The molecule has 0 aliphatic rings. The number of carbonyl (C=O) groups is 2. The maximum atomic E-state index is 12.2. The monoisotopic (exact) mass is 475 g/mol. The van der Waals surface area contributed by atoms with Crippen LogP contribution in [-0.4, -0.2) is 30.1 Å². The van der Waals surface area contributed by atoms with Gasteiger partial charge in [-0.2, -0.15) is 0 Å². The Hall–Kier alpha value is -1.91. The number of ether oxygens (including phenoxy) is 2. The standard InChI is InChI=1S/C29H49NO4/c1-3-5-7-9-10-11-12-13-14-15-16-17-18-20-25-34-29(32)27-23-21-22-26(30-27)28(31)33-24-19-8-6-4-2/h21-23H,3-20,24-25H2,1-2H3. The van der Waals surface area contributed by atoms with Gasteiger partial charge in [0.05, 0.1) is 13.2 Å². The molecular weight excluding hydrogens is 426 g/mol. The first kappa shape index (κ1) is 30.1. The lowest BCUT2D eigenvalue weighted by Crippen LogP contribution is -2.13. The summed E-state index contributed by atoms with van der Waals surface area (Å²) in [4.78, 5) is 28.5. The third-order valence-corrected chi connectivity index (χ3v) is 6.13. The molecule has 1 aromatic heterocycles. The van der Waals surface area contributed by atoms with Crippen molar-refractivity contribution in [3.8, 4) is 0 Å². The highest BCUT2D eigenvalue weighted by molar-refractivity contribution is 5.91. The van der Waals surface area contributed by atoms with Crippen molar-refractivity contribution in [2.75, 3.05) is 13.2 Å². The molecule has 0 spiro atoms. The van der Waals surface area contributed by atoms with Crippen LogP contribution in [0, 0.1) is 0 Å². The summed E-state index contributed by atoms with van der Waals surface area (Å²) >= 11 is 0. The van der Waals surface area contributed by atoms with E-state index in [9.17, 15) is 9.59 Å². The average Bonchev–Trinajstić information content (AvgIpc) is 2.86. The van der Waals surface area contributed by atoms with Gasteiger partial charge in [-0.1, -0.05) is 123 Å². The van der Waals surface area contributed by atoms with Gasteiger partial charge in [0.1, 0.15) is 11.4 Å². The van der Waals surface area contributed by atoms with Gasteiger partial charge in [0.2, 0.25) is 0 Å². The Morgan fingerprint density at radius 2 is 0.882 bits per heavy atom. The molecule has 0 N–H and O–H groups in total. The van der Waals surface area contributed by atoms with Gasteiger partial charge in [0.25, 0.3) is 0 Å². The maximum absolute atomic E-state index is 12.2. The molecule has 1 aromatic rings. The highest BCUT2D eigenvalue weighted by Crippen LogP contribution is 2.13. The predicted molar refractivity (Wildman–Crippen MR) is 139 cm³/mol.